The summed E-state index contributed by atoms with van der Waals surface area (Å²) in [5.74, 6) is 0.969. The lowest BCUT2D eigenvalue weighted by molar-refractivity contribution is 0.180. The molecule has 2 rings (SSSR count). The van der Waals surface area contributed by atoms with Crippen LogP contribution in [0.5, 0.6) is 5.88 Å². The van der Waals surface area contributed by atoms with E-state index in [0.29, 0.717) is 18.4 Å². The van der Waals surface area contributed by atoms with Crippen LogP contribution in [-0.4, -0.2) is 41.1 Å². The molecule has 1 saturated heterocycles. The van der Waals surface area contributed by atoms with Crippen molar-refractivity contribution in [3.8, 4) is 5.88 Å². The molecule has 2 heterocycles. The topological polar surface area (TPSA) is 38.2 Å². The molecule has 0 aromatic carbocycles. The number of ether oxygens (including phenoxy) is 1. The molecule has 17 heavy (non-hydrogen) atoms. The summed E-state index contributed by atoms with van der Waals surface area (Å²) in [4.78, 5) is 10.7. The van der Waals surface area contributed by atoms with Gasteiger partial charge < -0.3 is 4.74 Å². The third-order valence-electron chi connectivity index (χ3n) is 2.92. The van der Waals surface area contributed by atoms with E-state index in [1.54, 1.807) is 12.4 Å². The van der Waals surface area contributed by atoms with Gasteiger partial charge >= 0.3 is 0 Å². The van der Waals surface area contributed by atoms with Crippen LogP contribution in [-0.2, 0) is 5.88 Å². The molecule has 1 aromatic rings. The fourth-order valence-electron chi connectivity index (χ4n) is 1.95. The highest BCUT2D eigenvalue weighted by Crippen LogP contribution is 2.09. The molecule has 1 aromatic heterocycles. The van der Waals surface area contributed by atoms with Crippen LogP contribution in [0.4, 0.5) is 0 Å². The van der Waals surface area contributed by atoms with Crippen LogP contribution in [0.15, 0.2) is 12.4 Å². The van der Waals surface area contributed by atoms with E-state index < -0.39 is 0 Å². The zero-order valence-corrected chi connectivity index (χ0v) is 10.7. The Bertz CT molecular complexity index is 325. The lowest BCUT2D eigenvalue weighted by Gasteiger charge is -2.25. The van der Waals surface area contributed by atoms with Gasteiger partial charge in [-0.25, -0.2) is 4.98 Å². The van der Waals surface area contributed by atoms with Crippen LogP contribution in [0.3, 0.4) is 0 Å². The maximum absolute atomic E-state index is 5.64. The number of halogens is 1. The van der Waals surface area contributed by atoms with Gasteiger partial charge in [0.1, 0.15) is 6.61 Å². The molecule has 0 bridgehead atoms. The van der Waals surface area contributed by atoms with Gasteiger partial charge in [-0.1, -0.05) is 6.42 Å². The highest BCUT2D eigenvalue weighted by Gasteiger charge is 2.09. The molecule has 0 unspecified atom stereocenters. The molecule has 0 saturated carbocycles. The summed E-state index contributed by atoms with van der Waals surface area (Å²) in [6, 6.07) is 0. The third kappa shape index (κ3) is 4.13. The molecule has 0 amide bonds. The van der Waals surface area contributed by atoms with Gasteiger partial charge in [0.15, 0.2) is 0 Å². The minimum Gasteiger partial charge on any atom is -0.475 e. The van der Waals surface area contributed by atoms with Crippen LogP contribution in [0.25, 0.3) is 0 Å². The zero-order chi connectivity index (χ0) is 11.9. The third-order valence-corrected chi connectivity index (χ3v) is 3.20. The van der Waals surface area contributed by atoms with Crippen molar-refractivity contribution in [3.05, 3.63) is 18.1 Å². The normalized spacial score (nSPS) is 17.0. The maximum atomic E-state index is 5.64. The molecular weight excluding hydrogens is 238 g/mol. The van der Waals surface area contributed by atoms with E-state index >= 15 is 0 Å². The largest absolute Gasteiger partial charge is 0.475 e. The Kier molecular flexibility index (Phi) is 5.01. The Morgan fingerprint density at radius 3 is 2.65 bits per heavy atom. The average Bonchev–Trinajstić information content (AvgIpc) is 2.41. The molecular formula is C12H18ClN3O. The van der Waals surface area contributed by atoms with Gasteiger partial charge in [0.2, 0.25) is 5.88 Å². The molecule has 4 nitrogen and oxygen atoms in total. The van der Waals surface area contributed by atoms with E-state index in [2.05, 4.69) is 14.9 Å². The minimum atomic E-state index is 0.390. The van der Waals surface area contributed by atoms with Crippen molar-refractivity contribution in [2.45, 2.75) is 25.1 Å². The number of piperidine rings is 1. The predicted octanol–water partition coefficient (Wildman–Crippen LogP) is 2.08. The number of hydrogen-bond donors (Lipinski definition) is 0. The van der Waals surface area contributed by atoms with Crippen molar-refractivity contribution < 1.29 is 4.74 Å². The van der Waals surface area contributed by atoms with Crippen molar-refractivity contribution in [3.63, 3.8) is 0 Å². The predicted molar refractivity (Wildman–Crippen MR) is 67.4 cm³/mol. The van der Waals surface area contributed by atoms with E-state index in [1.807, 2.05) is 0 Å². The highest BCUT2D eigenvalue weighted by atomic mass is 35.5. The number of nitrogens with zero attached hydrogens (tertiary/aromatic N) is 3. The molecule has 0 spiro atoms. The Balaban J connectivity index is 1.69. The van der Waals surface area contributed by atoms with Crippen molar-refractivity contribution in [2.24, 2.45) is 0 Å². The van der Waals surface area contributed by atoms with Crippen molar-refractivity contribution in [2.75, 3.05) is 26.2 Å². The van der Waals surface area contributed by atoms with Gasteiger partial charge in [0.05, 0.1) is 24.0 Å². The van der Waals surface area contributed by atoms with Crippen LogP contribution >= 0.6 is 11.6 Å². The van der Waals surface area contributed by atoms with E-state index in [9.17, 15) is 0 Å². The van der Waals surface area contributed by atoms with Gasteiger partial charge in [-0.05, 0) is 25.9 Å². The van der Waals surface area contributed by atoms with Crippen LogP contribution in [0.2, 0.25) is 0 Å². The number of likely N-dealkylation sites (tertiary alicyclic amines) is 1. The van der Waals surface area contributed by atoms with E-state index in [1.165, 1.54) is 32.4 Å². The molecule has 0 aliphatic carbocycles. The minimum absolute atomic E-state index is 0.390. The summed E-state index contributed by atoms with van der Waals surface area (Å²) in [5, 5.41) is 0. The van der Waals surface area contributed by atoms with Gasteiger partial charge in [0.25, 0.3) is 0 Å². The lowest BCUT2D eigenvalue weighted by Crippen LogP contribution is -2.33. The SMILES string of the molecule is ClCc1cnc(OCCN2CCCCC2)cn1. The summed E-state index contributed by atoms with van der Waals surface area (Å²) in [6.07, 6.45) is 7.27. The number of aromatic nitrogens is 2. The van der Waals surface area contributed by atoms with E-state index in [4.69, 9.17) is 16.3 Å². The smallest absolute Gasteiger partial charge is 0.232 e. The lowest BCUT2D eigenvalue weighted by atomic mass is 10.1. The fraction of sp³-hybridized carbons (Fsp3) is 0.667. The second kappa shape index (κ2) is 6.77. The molecule has 0 N–H and O–H groups in total. The molecule has 94 valence electrons. The van der Waals surface area contributed by atoms with Crippen molar-refractivity contribution in [1.29, 1.82) is 0 Å². The first-order chi connectivity index (χ1) is 8.38. The van der Waals surface area contributed by atoms with Gasteiger partial charge in [-0.15, -0.1) is 11.6 Å². The first-order valence-electron chi connectivity index (χ1n) is 6.10. The second-order valence-electron chi connectivity index (χ2n) is 4.23. The van der Waals surface area contributed by atoms with Gasteiger partial charge in [0, 0.05) is 6.54 Å². The summed E-state index contributed by atoms with van der Waals surface area (Å²) >= 11 is 5.64. The monoisotopic (exact) mass is 255 g/mol. The molecule has 5 heteroatoms. The quantitative estimate of drug-likeness (QED) is 0.755. The highest BCUT2D eigenvalue weighted by molar-refractivity contribution is 6.16. The van der Waals surface area contributed by atoms with E-state index in [-0.39, 0.29) is 0 Å². The molecule has 0 atom stereocenters. The fourth-order valence-corrected chi connectivity index (χ4v) is 2.09. The summed E-state index contributed by atoms with van der Waals surface area (Å²) in [5.41, 5.74) is 0.773. The molecule has 1 aliphatic heterocycles. The Hall–Kier alpha value is -0.870. The first-order valence-corrected chi connectivity index (χ1v) is 6.64. The van der Waals surface area contributed by atoms with Gasteiger partial charge in [-0.2, -0.15) is 0 Å². The number of alkyl halides is 1. The van der Waals surface area contributed by atoms with Crippen molar-refractivity contribution >= 4 is 11.6 Å². The maximum Gasteiger partial charge on any atom is 0.232 e. The summed E-state index contributed by atoms with van der Waals surface area (Å²) in [7, 11) is 0. The Morgan fingerprint density at radius 2 is 2.00 bits per heavy atom. The van der Waals surface area contributed by atoms with Crippen LogP contribution in [0.1, 0.15) is 25.0 Å². The zero-order valence-electron chi connectivity index (χ0n) is 9.94. The van der Waals surface area contributed by atoms with Crippen LogP contribution in [0, 0.1) is 0 Å². The van der Waals surface area contributed by atoms with Gasteiger partial charge in [-0.3, -0.25) is 9.88 Å². The average molecular weight is 256 g/mol. The standard InChI is InChI=1S/C12H18ClN3O/c13-8-11-9-15-12(10-14-11)17-7-6-16-4-2-1-3-5-16/h9-10H,1-8H2. The molecule has 0 radical (unpaired) electrons. The molecule has 1 aliphatic rings. The Morgan fingerprint density at radius 1 is 1.18 bits per heavy atom. The van der Waals surface area contributed by atoms with Crippen molar-refractivity contribution in [1.82, 2.24) is 14.9 Å². The second-order valence-corrected chi connectivity index (χ2v) is 4.50. The summed E-state index contributed by atoms with van der Waals surface area (Å²) < 4.78 is 5.55. The first kappa shape index (κ1) is 12.6. The number of hydrogen-bond acceptors (Lipinski definition) is 4. The summed E-state index contributed by atoms with van der Waals surface area (Å²) in [6.45, 7) is 4.04. The molecule has 1 fully saturated rings. The number of rotatable bonds is 5. The van der Waals surface area contributed by atoms with E-state index in [0.717, 1.165) is 12.2 Å². The van der Waals surface area contributed by atoms with Crippen LogP contribution < -0.4 is 4.74 Å². The Labute approximate surface area is 107 Å².